The molecule has 1 N–H and O–H groups in total. The van der Waals surface area contributed by atoms with Gasteiger partial charge in [0.2, 0.25) is 0 Å². The Bertz CT molecular complexity index is 376. The molecule has 0 amide bonds. The van der Waals surface area contributed by atoms with Gasteiger partial charge in [-0.25, -0.2) is 0 Å². The van der Waals surface area contributed by atoms with Gasteiger partial charge in [0.25, 0.3) is 0 Å². The number of carboxylic acid groups (broad SMARTS) is 1. The molecule has 0 bridgehead atoms. The molecular weight excluding hydrogens is 190 g/mol. The molecule has 0 radical (unpaired) electrons. The van der Waals surface area contributed by atoms with Gasteiger partial charge in [-0.1, -0.05) is 24.3 Å². The van der Waals surface area contributed by atoms with Gasteiger partial charge in [0.1, 0.15) is 0 Å². The Balaban J connectivity index is 1.92. The number of likely N-dealkylation sites (N-methyl/N-ethyl adjacent to an activating group) is 1. The lowest BCUT2D eigenvalue weighted by atomic mass is 9.77. The predicted octanol–water partition coefficient (Wildman–Crippen LogP) is 1.34. The van der Waals surface area contributed by atoms with Gasteiger partial charge in [-0.3, -0.25) is 9.69 Å². The van der Waals surface area contributed by atoms with E-state index in [2.05, 4.69) is 18.2 Å². The highest BCUT2D eigenvalue weighted by Gasteiger charge is 2.26. The van der Waals surface area contributed by atoms with E-state index in [1.807, 2.05) is 18.0 Å². The van der Waals surface area contributed by atoms with Gasteiger partial charge in [-0.05, 0) is 24.6 Å². The molecule has 3 heteroatoms. The number of hydrogen-bond donors (Lipinski definition) is 1. The average molecular weight is 205 g/mol. The summed E-state index contributed by atoms with van der Waals surface area (Å²) in [4.78, 5) is 12.4. The summed E-state index contributed by atoms with van der Waals surface area (Å²) >= 11 is 0. The molecule has 80 valence electrons. The Morgan fingerprint density at radius 3 is 2.93 bits per heavy atom. The Kier molecular flexibility index (Phi) is 2.73. The first-order valence-electron chi connectivity index (χ1n) is 5.15. The van der Waals surface area contributed by atoms with Crippen LogP contribution in [0.1, 0.15) is 17.0 Å². The topological polar surface area (TPSA) is 40.5 Å². The van der Waals surface area contributed by atoms with E-state index < -0.39 is 5.97 Å². The van der Waals surface area contributed by atoms with Crippen LogP contribution in [0.5, 0.6) is 0 Å². The van der Waals surface area contributed by atoms with Gasteiger partial charge in [-0.15, -0.1) is 0 Å². The molecule has 1 unspecified atom stereocenters. The van der Waals surface area contributed by atoms with Crippen molar-refractivity contribution in [3.63, 3.8) is 0 Å². The molecule has 1 aromatic rings. The fourth-order valence-electron chi connectivity index (χ4n) is 2.20. The molecule has 0 saturated carbocycles. The first kappa shape index (κ1) is 10.2. The second kappa shape index (κ2) is 4.03. The van der Waals surface area contributed by atoms with Crippen molar-refractivity contribution in [3.05, 3.63) is 35.4 Å². The fourth-order valence-corrected chi connectivity index (χ4v) is 2.20. The largest absolute Gasteiger partial charge is 0.480 e. The van der Waals surface area contributed by atoms with Gasteiger partial charge >= 0.3 is 5.97 Å². The van der Waals surface area contributed by atoms with E-state index in [9.17, 15) is 4.79 Å². The molecule has 2 rings (SSSR count). The zero-order chi connectivity index (χ0) is 10.8. The highest BCUT2D eigenvalue weighted by Crippen LogP contribution is 2.34. The lowest BCUT2D eigenvalue weighted by Crippen LogP contribution is -2.34. The molecular formula is C12H15NO2. The molecule has 0 fully saturated rings. The third-order valence-electron chi connectivity index (χ3n) is 2.90. The van der Waals surface area contributed by atoms with Crippen LogP contribution >= 0.6 is 0 Å². The van der Waals surface area contributed by atoms with Crippen molar-refractivity contribution in [2.45, 2.75) is 12.3 Å². The van der Waals surface area contributed by atoms with Crippen LogP contribution < -0.4 is 0 Å². The van der Waals surface area contributed by atoms with E-state index in [1.54, 1.807) is 0 Å². The third-order valence-corrected chi connectivity index (χ3v) is 2.90. The molecule has 1 aliphatic carbocycles. The Morgan fingerprint density at radius 1 is 1.53 bits per heavy atom. The second-order valence-electron chi connectivity index (χ2n) is 4.19. The lowest BCUT2D eigenvalue weighted by molar-refractivity contribution is -0.138. The maximum Gasteiger partial charge on any atom is 0.317 e. The third kappa shape index (κ3) is 2.18. The Hall–Kier alpha value is -1.35. The molecule has 1 aromatic carbocycles. The minimum absolute atomic E-state index is 0.124. The molecule has 0 saturated heterocycles. The summed E-state index contributed by atoms with van der Waals surface area (Å²) in [6, 6.07) is 8.37. The van der Waals surface area contributed by atoms with E-state index in [0.717, 1.165) is 13.0 Å². The molecule has 0 aliphatic heterocycles. The quantitative estimate of drug-likeness (QED) is 0.806. The summed E-state index contributed by atoms with van der Waals surface area (Å²) in [5.74, 6) is -0.240. The van der Waals surface area contributed by atoms with Gasteiger partial charge in [0.15, 0.2) is 0 Å². The monoisotopic (exact) mass is 205 g/mol. The van der Waals surface area contributed by atoms with Crippen molar-refractivity contribution in [3.8, 4) is 0 Å². The van der Waals surface area contributed by atoms with Crippen molar-refractivity contribution in [1.29, 1.82) is 0 Å². The van der Waals surface area contributed by atoms with Crippen molar-refractivity contribution in [2.24, 2.45) is 0 Å². The highest BCUT2D eigenvalue weighted by atomic mass is 16.4. The van der Waals surface area contributed by atoms with E-state index in [-0.39, 0.29) is 6.54 Å². The van der Waals surface area contributed by atoms with Gasteiger partial charge in [0, 0.05) is 12.5 Å². The number of hydrogen-bond acceptors (Lipinski definition) is 2. The first-order chi connectivity index (χ1) is 7.16. The first-order valence-corrected chi connectivity index (χ1v) is 5.15. The second-order valence-corrected chi connectivity index (χ2v) is 4.19. The number of carboxylic acids is 1. The minimum atomic E-state index is -0.759. The van der Waals surface area contributed by atoms with Crippen LogP contribution in [0.25, 0.3) is 0 Å². The van der Waals surface area contributed by atoms with Crippen LogP contribution in [0, 0.1) is 0 Å². The number of benzene rings is 1. The average Bonchev–Trinajstić information content (AvgIpc) is 2.13. The van der Waals surface area contributed by atoms with Crippen molar-refractivity contribution in [1.82, 2.24) is 4.90 Å². The summed E-state index contributed by atoms with van der Waals surface area (Å²) in [6.07, 6.45) is 1.08. The van der Waals surface area contributed by atoms with Crippen molar-refractivity contribution < 1.29 is 9.90 Å². The number of fused-ring (bicyclic) bond motifs is 1. The molecule has 1 aliphatic rings. The number of carbonyl (C=O) groups is 1. The number of nitrogens with zero attached hydrogens (tertiary/aromatic N) is 1. The van der Waals surface area contributed by atoms with Gasteiger partial charge in [-0.2, -0.15) is 0 Å². The van der Waals surface area contributed by atoms with Gasteiger partial charge < -0.3 is 5.11 Å². The maximum atomic E-state index is 10.5. The predicted molar refractivity (Wildman–Crippen MR) is 58.0 cm³/mol. The van der Waals surface area contributed by atoms with Crippen LogP contribution in [0.2, 0.25) is 0 Å². The van der Waals surface area contributed by atoms with Crippen LogP contribution in [-0.2, 0) is 11.2 Å². The SMILES string of the molecule is CN(CC(=O)O)CC1Cc2ccccc21. The van der Waals surface area contributed by atoms with E-state index >= 15 is 0 Å². The number of aliphatic carboxylic acids is 1. The van der Waals surface area contributed by atoms with Crippen LogP contribution in [0.4, 0.5) is 0 Å². The summed E-state index contributed by atoms with van der Waals surface area (Å²) in [7, 11) is 1.86. The highest BCUT2D eigenvalue weighted by molar-refractivity contribution is 5.69. The molecule has 0 heterocycles. The fraction of sp³-hybridized carbons (Fsp3) is 0.417. The van der Waals surface area contributed by atoms with Crippen molar-refractivity contribution >= 4 is 5.97 Å². The number of rotatable bonds is 4. The van der Waals surface area contributed by atoms with Crippen LogP contribution in [0.15, 0.2) is 24.3 Å². The molecule has 0 spiro atoms. The molecule has 0 aromatic heterocycles. The van der Waals surface area contributed by atoms with Crippen LogP contribution in [-0.4, -0.2) is 36.1 Å². The lowest BCUT2D eigenvalue weighted by Gasteiger charge is -2.32. The minimum Gasteiger partial charge on any atom is -0.480 e. The van der Waals surface area contributed by atoms with E-state index in [4.69, 9.17) is 5.11 Å². The Labute approximate surface area is 89.3 Å². The van der Waals surface area contributed by atoms with E-state index in [0.29, 0.717) is 5.92 Å². The summed E-state index contributed by atoms with van der Waals surface area (Å²) in [5.41, 5.74) is 2.79. The zero-order valence-electron chi connectivity index (χ0n) is 8.81. The van der Waals surface area contributed by atoms with Crippen LogP contribution in [0.3, 0.4) is 0 Å². The summed E-state index contributed by atoms with van der Waals surface area (Å²) < 4.78 is 0. The molecule has 15 heavy (non-hydrogen) atoms. The Morgan fingerprint density at radius 2 is 2.27 bits per heavy atom. The molecule has 3 nitrogen and oxygen atoms in total. The smallest absolute Gasteiger partial charge is 0.317 e. The van der Waals surface area contributed by atoms with Gasteiger partial charge in [0.05, 0.1) is 6.54 Å². The maximum absolute atomic E-state index is 10.5. The van der Waals surface area contributed by atoms with Crippen molar-refractivity contribution in [2.75, 3.05) is 20.1 Å². The standard InChI is InChI=1S/C12H15NO2/c1-13(8-12(14)15)7-10-6-9-4-2-3-5-11(9)10/h2-5,10H,6-8H2,1H3,(H,14,15). The van der Waals surface area contributed by atoms with E-state index in [1.165, 1.54) is 11.1 Å². The normalized spacial score (nSPS) is 18.4. The molecule has 1 atom stereocenters. The summed E-state index contributed by atoms with van der Waals surface area (Å²) in [5, 5.41) is 8.64. The zero-order valence-corrected chi connectivity index (χ0v) is 8.81. The summed E-state index contributed by atoms with van der Waals surface area (Å²) in [6.45, 7) is 0.960.